The second-order valence-electron chi connectivity index (χ2n) is 7.11. The Hall–Kier alpha value is -0.0800. The van der Waals surface area contributed by atoms with E-state index in [1.54, 1.807) is 0 Å². The fourth-order valence-electron chi connectivity index (χ4n) is 3.05. The maximum atomic E-state index is 6.22. The van der Waals surface area contributed by atoms with Crippen molar-refractivity contribution in [1.82, 2.24) is 5.32 Å². The molecule has 1 N–H and O–H groups in total. The highest BCUT2D eigenvalue weighted by molar-refractivity contribution is 4.90. The Morgan fingerprint density at radius 1 is 1.22 bits per heavy atom. The molecule has 2 unspecified atom stereocenters. The van der Waals surface area contributed by atoms with Crippen molar-refractivity contribution in [2.45, 2.75) is 77.9 Å². The second kappa shape index (κ2) is 6.38. The van der Waals surface area contributed by atoms with Gasteiger partial charge in [0.25, 0.3) is 0 Å². The Bertz CT molecular complexity index is 247. The van der Waals surface area contributed by atoms with Crippen LogP contribution in [0.15, 0.2) is 0 Å². The summed E-state index contributed by atoms with van der Waals surface area (Å²) in [5.74, 6) is 0.989. The third-order valence-corrected chi connectivity index (χ3v) is 4.55. The Balaban J connectivity index is 1.78. The van der Waals surface area contributed by atoms with Gasteiger partial charge in [0.05, 0.1) is 6.10 Å². The maximum absolute atomic E-state index is 6.22. The Morgan fingerprint density at radius 2 is 2.00 bits per heavy atom. The molecule has 0 aromatic carbocycles. The Morgan fingerprint density at radius 3 is 2.67 bits per heavy atom. The predicted octanol–water partition coefficient (Wildman–Crippen LogP) is 3.75. The van der Waals surface area contributed by atoms with Crippen molar-refractivity contribution >= 4 is 0 Å². The molecular formula is C16H31NO. The van der Waals surface area contributed by atoms with Gasteiger partial charge in [0, 0.05) is 12.6 Å². The zero-order valence-electron chi connectivity index (χ0n) is 12.5. The third kappa shape index (κ3) is 4.55. The van der Waals surface area contributed by atoms with Gasteiger partial charge in [0.1, 0.15) is 0 Å². The van der Waals surface area contributed by atoms with E-state index in [0.717, 1.165) is 19.1 Å². The van der Waals surface area contributed by atoms with E-state index in [9.17, 15) is 0 Å². The molecule has 2 fully saturated rings. The molecule has 0 aromatic rings. The molecule has 2 aliphatic carbocycles. The van der Waals surface area contributed by atoms with E-state index in [1.165, 1.54) is 44.9 Å². The van der Waals surface area contributed by atoms with Gasteiger partial charge in [-0.3, -0.25) is 0 Å². The van der Waals surface area contributed by atoms with Gasteiger partial charge in [-0.1, -0.05) is 33.6 Å². The van der Waals surface area contributed by atoms with Gasteiger partial charge in [-0.25, -0.2) is 0 Å². The van der Waals surface area contributed by atoms with Crippen molar-refractivity contribution in [2.24, 2.45) is 11.3 Å². The van der Waals surface area contributed by atoms with Gasteiger partial charge in [0.15, 0.2) is 0 Å². The van der Waals surface area contributed by atoms with E-state index in [1.807, 2.05) is 0 Å². The highest BCUT2D eigenvalue weighted by atomic mass is 16.5. The first-order valence-electron chi connectivity index (χ1n) is 7.96. The van der Waals surface area contributed by atoms with Crippen molar-refractivity contribution in [3.63, 3.8) is 0 Å². The van der Waals surface area contributed by atoms with Crippen LogP contribution in [0, 0.1) is 11.3 Å². The SMILES string of the molecule is CCCNC1CCC(C)(C)CC1OCCC1CC1. The van der Waals surface area contributed by atoms with E-state index in [2.05, 4.69) is 26.1 Å². The first-order chi connectivity index (χ1) is 8.61. The minimum Gasteiger partial charge on any atom is -0.377 e. The van der Waals surface area contributed by atoms with Gasteiger partial charge in [-0.15, -0.1) is 0 Å². The molecule has 2 nitrogen and oxygen atoms in total. The van der Waals surface area contributed by atoms with E-state index in [-0.39, 0.29) is 0 Å². The summed E-state index contributed by atoms with van der Waals surface area (Å²) in [6.07, 6.45) is 9.66. The van der Waals surface area contributed by atoms with E-state index < -0.39 is 0 Å². The summed E-state index contributed by atoms with van der Waals surface area (Å²) < 4.78 is 6.22. The summed E-state index contributed by atoms with van der Waals surface area (Å²) in [6.45, 7) is 9.13. The average Bonchev–Trinajstić information content (AvgIpc) is 3.11. The van der Waals surface area contributed by atoms with Crippen LogP contribution in [0.4, 0.5) is 0 Å². The second-order valence-corrected chi connectivity index (χ2v) is 7.11. The van der Waals surface area contributed by atoms with Crippen molar-refractivity contribution in [3.05, 3.63) is 0 Å². The zero-order valence-corrected chi connectivity index (χ0v) is 12.5. The Labute approximate surface area is 113 Å². The van der Waals surface area contributed by atoms with Crippen molar-refractivity contribution in [1.29, 1.82) is 0 Å². The smallest absolute Gasteiger partial charge is 0.0733 e. The fraction of sp³-hybridized carbons (Fsp3) is 1.00. The van der Waals surface area contributed by atoms with Crippen LogP contribution in [0.1, 0.15) is 65.7 Å². The van der Waals surface area contributed by atoms with Gasteiger partial charge in [0.2, 0.25) is 0 Å². The van der Waals surface area contributed by atoms with Crippen LogP contribution in [0.5, 0.6) is 0 Å². The number of rotatable bonds is 7. The lowest BCUT2D eigenvalue weighted by atomic mass is 9.74. The third-order valence-electron chi connectivity index (χ3n) is 4.55. The van der Waals surface area contributed by atoms with Crippen LogP contribution >= 0.6 is 0 Å². The number of hydrogen-bond donors (Lipinski definition) is 1. The topological polar surface area (TPSA) is 21.3 Å². The van der Waals surface area contributed by atoms with Crippen LogP contribution in [0.3, 0.4) is 0 Å². The summed E-state index contributed by atoms with van der Waals surface area (Å²) >= 11 is 0. The molecule has 2 rings (SSSR count). The number of nitrogens with one attached hydrogen (secondary N) is 1. The molecule has 0 heterocycles. The lowest BCUT2D eigenvalue weighted by Crippen LogP contribution is -2.48. The van der Waals surface area contributed by atoms with Gasteiger partial charge >= 0.3 is 0 Å². The number of ether oxygens (including phenoxy) is 1. The molecule has 0 bridgehead atoms. The van der Waals surface area contributed by atoms with Crippen molar-refractivity contribution in [3.8, 4) is 0 Å². The molecule has 0 aliphatic heterocycles. The Kier molecular flexibility index (Phi) is 5.08. The summed E-state index contributed by atoms with van der Waals surface area (Å²) in [5, 5.41) is 3.69. The summed E-state index contributed by atoms with van der Waals surface area (Å²) in [6, 6.07) is 0.595. The molecule has 18 heavy (non-hydrogen) atoms. The lowest BCUT2D eigenvalue weighted by Gasteiger charge is -2.41. The van der Waals surface area contributed by atoms with Crippen LogP contribution in [-0.4, -0.2) is 25.3 Å². The van der Waals surface area contributed by atoms with E-state index >= 15 is 0 Å². The number of hydrogen-bond acceptors (Lipinski definition) is 2. The molecular weight excluding hydrogens is 222 g/mol. The zero-order chi connectivity index (χ0) is 13.0. The normalized spacial score (nSPS) is 31.5. The minimum atomic E-state index is 0.444. The van der Waals surface area contributed by atoms with Crippen molar-refractivity contribution < 1.29 is 4.74 Å². The molecule has 0 spiro atoms. The molecule has 0 saturated heterocycles. The van der Waals surface area contributed by atoms with Crippen LogP contribution in [0.25, 0.3) is 0 Å². The molecule has 2 saturated carbocycles. The summed E-state index contributed by atoms with van der Waals surface area (Å²) in [5.41, 5.74) is 0.467. The van der Waals surface area contributed by atoms with Crippen LogP contribution < -0.4 is 5.32 Å². The minimum absolute atomic E-state index is 0.444. The molecule has 0 aromatic heterocycles. The van der Waals surface area contributed by atoms with Crippen LogP contribution in [0.2, 0.25) is 0 Å². The molecule has 2 atom stereocenters. The van der Waals surface area contributed by atoms with Crippen molar-refractivity contribution in [2.75, 3.05) is 13.2 Å². The van der Waals surface area contributed by atoms with Gasteiger partial charge < -0.3 is 10.1 Å². The average molecular weight is 253 g/mol. The van der Waals surface area contributed by atoms with Crippen LogP contribution in [-0.2, 0) is 4.74 Å². The van der Waals surface area contributed by atoms with Gasteiger partial charge in [-0.05, 0) is 50.0 Å². The molecule has 0 amide bonds. The monoisotopic (exact) mass is 253 g/mol. The summed E-state index contributed by atoms with van der Waals surface area (Å²) in [4.78, 5) is 0. The molecule has 106 valence electrons. The van der Waals surface area contributed by atoms with E-state index in [4.69, 9.17) is 4.74 Å². The lowest BCUT2D eigenvalue weighted by molar-refractivity contribution is -0.0300. The van der Waals surface area contributed by atoms with E-state index in [0.29, 0.717) is 17.6 Å². The first-order valence-corrected chi connectivity index (χ1v) is 7.96. The predicted molar refractivity (Wildman–Crippen MR) is 76.8 cm³/mol. The molecule has 0 radical (unpaired) electrons. The fourth-order valence-corrected chi connectivity index (χ4v) is 3.05. The highest BCUT2D eigenvalue weighted by Crippen LogP contribution is 2.37. The highest BCUT2D eigenvalue weighted by Gasteiger charge is 2.35. The largest absolute Gasteiger partial charge is 0.377 e. The molecule has 2 heteroatoms. The summed E-state index contributed by atoms with van der Waals surface area (Å²) in [7, 11) is 0. The quantitative estimate of drug-likeness (QED) is 0.746. The van der Waals surface area contributed by atoms with Gasteiger partial charge in [-0.2, -0.15) is 0 Å². The maximum Gasteiger partial charge on any atom is 0.0733 e. The standard InChI is InChI=1S/C16H31NO/c1-4-10-17-14-7-9-16(2,3)12-15(14)18-11-8-13-5-6-13/h13-15,17H,4-12H2,1-3H3. The first kappa shape index (κ1) is 14.3. The molecule has 2 aliphatic rings.